The van der Waals surface area contributed by atoms with Crippen LogP contribution in [0.25, 0.3) is 0 Å². The molecule has 0 aliphatic heterocycles. The third-order valence-electron chi connectivity index (χ3n) is 5.68. The number of methoxy groups -OCH3 is 1. The zero-order valence-electron chi connectivity index (χ0n) is 17.9. The van der Waals surface area contributed by atoms with E-state index < -0.39 is 16.9 Å². The second kappa shape index (κ2) is 10.8. The van der Waals surface area contributed by atoms with Crippen LogP contribution >= 0.6 is 6.83 Å². The Bertz CT molecular complexity index is 648. The summed E-state index contributed by atoms with van der Waals surface area (Å²) in [6.45, 7) is 5.74. The minimum atomic E-state index is -3.89. The Kier molecular flexibility index (Phi) is 9.74. The standard InChI is InChI=1S/C21H39O4PS/c1-6-10-17-26(9-4,18-11-7-2,19-12-8-3)25-27(22,23)21-16-14-13-15-20(21)24-5/h13-16H,6-12,17-19H2,1-5H3. The molecule has 0 aliphatic rings. The zero-order valence-corrected chi connectivity index (χ0v) is 19.6. The van der Waals surface area contributed by atoms with Gasteiger partial charge in [-0.1, -0.05) is 0 Å². The van der Waals surface area contributed by atoms with Crippen LogP contribution in [0.2, 0.25) is 0 Å². The molecular weight excluding hydrogens is 379 g/mol. The van der Waals surface area contributed by atoms with Crippen molar-refractivity contribution in [2.24, 2.45) is 0 Å². The van der Waals surface area contributed by atoms with Gasteiger partial charge in [0.15, 0.2) is 0 Å². The first-order chi connectivity index (χ1) is 12.8. The Morgan fingerprint density at radius 3 is 1.74 bits per heavy atom. The number of hydrogen-bond donors (Lipinski definition) is 0. The Morgan fingerprint density at radius 2 is 1.33 bits per heavy atom. The summed E-state index contributed by atoms with van der Waals surface area (Å²) in [6, 6.07) is 6.78. The van der Waals surface area contributed by atoms with Crippen molar-refractivity contribution in [3.8, 4) is 5.75 Å². The van der Waals surface area contributed by atoms with Gasteiger partial charge in [0.25, 0.3) is 0 Å². The van der Waals surface area contributed by atoms with Gasteiger partial charge in [0, 0.05) is 0 Å². The molecule has 0 amide bonds. The van der Waals surface area contributed by atoms with Crippen molar-refractivity contribution in [3.63, 3.8) is 0 Å². The molecule has 0 N–H and O–H groups in total. The monoisotopic (exact) mass is 418 g/mol. The van der Waals surface area contributed by atoms with Gasteiger partial charge >= 0.3 is 167 Å². The topological polar surface area (TPSA) is 52.6 Å². The van der Waals surface area contributed by atoms with Gasteiger partial charge in [0.05, 0.1) is 0 Å². The van der Waals surface area contributed by atoms with Crippen molar-refractivity contribution < 1.29 is 17.1 Å². The van der Waals surface area contributed by atoms with Crippen LogP contribution in [0.15, 0.2) is 29.2 Å². The van der Waals surface area contributed by atoms with E-state index in [9.17, 15) is 8.42 Å². The Labute approximate surface area is 167 Å². The Balaban J connectivity index is 3.47. The van der Waals surface area contributed by atoms with Crippen molar-refractivity contribution in [1.29, 1.82) is 0 Å². The number of para-hydroxylation sites is 1. The molecule has 1 aromatic rings. The fraction of sp³-hybridized carbons (Fsp3) is 0.714. The van der Waals surface area contributed by atoms with E-state index in [1.807, 2.05) is 0 Å². The molecule has 0 heterocycles. The second-order valence-electron chi connectivity index (χ2n) is 7.59. The zero-order chi connectivity index (χ0) is 20.4. The Hall–Kier alpha value is -0.640. The van der Waals surface area contributed by atoms with Crippen molar-refractivity contribution in [3.05, 3.63) is 24.3 Å². The average molecular weight is 419 g/mol. The van der Waals surface area contributed by atoms with E-state index >= 15 is 0 Å². The molecule has 27 heavy (non-hydrogen) atoms. The summed E-state index contributed by atoms with van der Waals surface area (Å²) in [7, 11) is -2.39. The summed E-state index contributed by atoms with van der Waals surface area (Å²) >= 11 is 0. The maximum atomic E-state index is 13.4. The summed E-state index contributed by atoms with van der Waals surface area (Å²) in [5, 5.41) is 0. The molecule has 0 spiro atoms. The Morgan fingerprint density at radius 1 is 0.852 bits per heavy atom. The van der Waals surface area contributed by atoms with Crippen molar-refractivity contribution >= 4 is 16.9 Å². The van der Waals surface area contributed by atoms with Crippen LogP contribution in [-0.4, -0.2) is 40.2 Å². The maximum absolute atomic E-state index is 13.4. The molecule has 0 unspecified atom stereocenters. The van der Waals surface area contributed by atoms with E-state index in [0.29, 0.717) is 5.75 Å². The molecule has 6 heteroatoms. The first-order valence-corrected chi connectivity index (χ1v) is 14.7. The molecule has 0 saturated carbocycles. The van der Waals surface area contributed by atoms with E-state index in [4.69, 9.17) is 8.71 Å². The van der Waals surface area contributed by atoms with Crippen LogP contribution in [-0.2, 0) is 14.1 Å². The normalized spacial score (nSPS) is 13.9. The third kappa shape index (κ3) is 6.17. The molecule has 1 rings (SSSR count). The number of rotatable bonds is 14. The predicted molar refractivity (Wildman–Crippen MR) is 118 cm³/mol. The number of ether oxygens (including phenoxy) is 1. The van der Waals surface area contributed by atoms with Crippen molar-refractivity contribution in [2.75, 3.05) is 31.8 Å². The summed E-state index contributed by atoms with van der Waals surface area (Å²) in [4.78, 5) is 0.152. The first-order valence-electron chi connectivity index (χ1n) is 10.4. The summed E-state index contributed by atoms with van der Waals surface area (Å²) in [6.07, 6.45) is 9.70. The summed E-state index contributed by atoms with van der Waals surface area (Å²) in [5.41, 5.74) is 0. The number of hydrogen-bond acceptors (Lipinski definition) is 4. The van der Waals surface area contributed by atoms with Crippen LogP contribution in [0.1, 0.15) is 66.2 Å². The van der Waals surface area contributed by atoms with Gasteiger partial charge in [0.1, 0.15) is 0 Å². The molecular formula is C21H39O4PS. The van der Waals surface area contributed by atoms with E-state index in [1.54, 1.807) is 24.3 Å². The van der Waals surface area contributed by atoms with Crippen LogP contribution in [0.3, 0.4) is 0 Å². The fourth-order valence-corrected chi connectivity index (χ4v) is 13.3. The van der Waals surface area contributed by atoms with Crippen LogP contribution in [0.5, 0.6) is 5.75 Å². The van der Waals surface area contributed by atoms with Gasteiger partial charge < -0.3 is 0 Å². The molecule has 0 aliphatic carbocycles. The van der Waals surface area contributed by atoms with E-state index in [0.717, 1.165) is 63.2 Å². The molecule has 0 atom stereocenters. The van der Waals surface area contributed by atoms with Crippen molar-refractivity contribution in [2.45, 2.75) is 71.1 Å². The molecule has 0 saturated heterocycles. The van der Waals surface area contributed by atoms with E-state index in [-0.39, 0.29) is 4.90 Å². The fourth-order valence-electron chi connectivity index (χ4n) is 3.79. The third-order valence-corrected chi connectivity index (χ3v) is 15.0. The van der Waals surface area contributed by atoms with Gasteiger partial charge in [-0.05, 0) is 0 Å². The van der Waals surface area contributed by atoms with Crippen LogP contribution in [0.4, 0.5) is 0 Å². The van der Waals surface area contributed by atoms with Crippen LogP contribution in [0, 0.1) is 0 Å². The quantitative estimate of drug-likeness (QED) is 0.333. The molecule has 0 radical (unpaired) electrons. The predicted octanol–water partition coefficient (Wildman–Crippen LogP) is 6.29. The van der Waals surface area contributed by atoms with Gasteiger partial charge in [-0.2, -0.15) is 0 Å². The molecule has 0 bridgehead atoms. The molecule has 0 aromatic heterocycles. The second-order valence-corrected chi connectivity index (χ2v) is 15.2. The van der Waals surface area contributed by atoms with E-state index in [2.05, 4.69) is 27.7 Å². The van der Waals surface area contributed by atoms with E-state index in [1.165, 1.54) is 7.11 Å². The number of benzene rings is 1. The summed E-state index contributed by atoms with van der Waals surface area (Å²) < 4.78 is 38.6. The van der Waals surface area contributed by atoms with Crippen molar-refractivity contribution in [1.82, 2.24) is 0 Å². The van der Waals surface area contributed by atoms with Gasteiger partial charge in [-0.3, -0.25) is 0 Å². The van der Waals surface area contributed by atoms with Gasteiger partial charge in [0.2, 0.25) is 0 Å². The minimum absolute atomic E-state index is 0.152. The average Bonchev–Trinajstić information content (AvgIpc) is 2.69. The summed E-state index contributed by atoms with van der Waals surface area (Å²) in [5.74, 6) is 0.353. The SMILES string of the molecule is CCCCP(CC)(CCCC)(CCCC)OS(=O)(=O)c1ccccc1OC. The van der Waals surface area contributed by atoms with Gasteiger partial charge in [-0.15, -0.1) is 0 Å². The van der Waals surface area contributed by atoms with Crippen LogP contribution < -0.4 is 4.74 Å². The first kappa shape index (κ1) is 24.4. The molecule has 4 nitrogen and oxygen atoms in total. The molecule has 158 valence electrons. The molecule has 1 aromatic carbocycles. The molecule has 0 fully saturated rings. The number of unbranched alkanes of at least 4 members (excludes halogenated alkanes) is 3. The van der Waals surface area contributed by atoms with Gasteiger partial charge in [-0.25, -0.2) is 0 Å².